The maximum absolute atomic E-state index is 9.49. The smallest absolute Gasteiger partial charge is 0.0267 e. The second kappa shape index (κ2) is 7.54. The largest absolute Gasteiger partial charge is 0.265 e. The Morgan fingerprint density at radius 3 is 1.60 bits per heavy atom. The molecule has 0 aliphatic carbocycles. The van der Waals surface area contributed by atoms with Crippen LogP contribution in [0.25, 0.3) is 0 Å². The van der Waals surface area contributed by atoms with Crippen LogP contribution in [0.1, 0.15) is 0 Å². The second-order valence-corrected chi connectivity index (χ2v) is 12.6. The third-order valence-corrected chi connectivity index (χ3v) is 0.566. The van der Waals surface area contributed by atoms with Gasteiger partial charge in [0.15, 0.2) is 0 Å². The fraction of sp³-hybridized carbons (Fsp3) is 0. The van der Waals surface area contributed by atoms with Crippen molar-refractivity contribution in [1.29, 1.82) is 0 Å². The number of aromatic nitrogens is 1. The van der Waals surface area contributed by atoms with E-state index in [-0.39, 0.29) is 0 Å². The van der Waals surface area contributed by atoms with E-state index in [2.05, 4.69) is 33.2 Å². The molecular formula is C5H5Br2NOSe. The molecule has 0 fully saturated rings. The van der Waals surface area contributed by atoms with Crippen LogP contribution in [0.2, 0.25) is 0 Å². The summed E-state index contributed by atoms with van der Waals surface area (Å²) in [6, 6.07) is 5.72. The Kier molecular flexibility index (Phi) is 7.86. The summed E-state index contributed by atoms with van der Waals surface area (Å²) in [6.07, 6.45) is 3.50. The third kappa shape index (κ3) is 11.3. The van der Waals surface area contributed by atoms with E-state index >= 15 is 0 Å². The van der Waals surface area contributed by atoms with Crippen LogP contribution < -0.4 is 0 Å². The predicted octanol–water partition coefficient (Wildman–Crippen LogP) is 2.27. The molecule has 1 rings (SSSR count). The van der Waals surface area contributed by atoms with Crippen LogP contribution in [-0.2, 0) is 3.83 Å². The topological polar surface area (TPSA) is 30.0 Å². The maximum Gasteiger partial charge on any atom is 0.0267 e. The van der Waals surface area contributed by atoms with Gasteiger partial charge in [-0.25, -0.2) is 0 Å². The van der Waals surface area contributed by atoms with Crippen molar-refractivity contribution in [2.75, 3.05) is 0 Å². The molecule has 10 heavy (non-hydrogen) atoms. The van der Waals surface area contributed by atoms with Gasteiger partial charge < -0.3 is 0 Å². The van der Waals surface area contributed by atoms with Gasteiger partial charge in [0.05, 0.1) is 0 Å². The standard InChI is InChI=1S/C5H5N.Br2OSe/c1-2-4-6-5-3-1;1-4(2)3/h1-5H;. The van der Waals surface area contributed by atoms with Gasteiger partial charge in [-0.3, -0.25) is 4.98 Å². The molecule has 0 atom stereocenters. The molecule has 0 bridgehead atoms. The van der Waals surface area contributed by atoms with E-state index in [9.17, 15) is 3.83 Å². The molecule has 0 amide bonds. The van der Waals surface area contributed by atoms with Crippen molar-refractivity contribution in [3.63, 3.8) is 0 Å². The Hall–Kier alpha value is 0.429. The number of hydrogen-bond donors (Lipinski definition) is 0. The van der Waals surface area contributed by atoms with Crippen molar-refractivity contribution < 1.29 is 3.83 Å². The average molecular weight is 334 g/mol. The van der Waals surface area contributed by atoms with Crippen molar-refractivity contribution in [1.82, 2.24) is 4.98 Å². The summed E-state index contributed by atoms with van der Waals surface area (Å²) < 4.78 is 9.49. The minimum atomic E-state index is -1.67. The van der Waals surface area contributed by atoms with E-state index in [4.69, 9.17) is 0 Å². The van der Waals surface area contributed by atoms with Crippen molar-refractivity contribution in [3.8, 4) is 0 Å². The fourth-order valence-corrected chi connectivity index (χ4v) is 0.313. The number of hydrogen-bond acceptors (Lipinski definition) is 2. The monoisotopic (exact) mass is 333 g/mol. The molecule has 0 saturated heterocycles. The third-order valence-electron chi connectivity index (χ3n) is 0.566. The Labute approximate surface area is 77.5 Å². The number of halogens is 2. The predicted molar refractivity (Wildman–Crippen MR) is 48.5 cm³/mol. The van der Waals surface area contributed by atoms with Crippen LogP contribution in [-0.4, -0.2) is 15.2 Å². The zero-order chi connectivity index (χ0) is 7.82. The molecule has 1 aromatic heterocycles. The van der Waals surface area contributed by atoms with Crippen LogP contribution in [0.15, 0.2) is 30.6 Å². The summed E-state index contributed by atoms with van der Waals surface area (Å²) in [6.45, 7) is 0. The average Bonchev–Trinajstić information content (AvgIpc) is 1.90. The molecule has 0 spiro atoms. The van der Waals surface area contributed by atoms with Crippen LogP contribution in [0, 0.1) is 0 Å². The fourth-order valence-electron chi connectivity index (χ4n) is 0.313. The zero-order valence-corrected chi connectivity index (χ0v) is 9.79. The number of rotatable bonds is 0. The molecule has 56 valence electrons. The van der Waals surface area contributed by atoms with Crippen LogP contribution in [0.5, 0.6) is 0 Å². The van der Waals surface area contributed by atoms with Gasteiger partial charge in [0, 0.05) is 12.4 Å². The quantitative estimate of drug-likeness (QED) is 0.682. The summed E-state index contributed by atoms with van der Waals surface area (Å²) in [7, 11) is -1.67. The van der Waals surface area contributed by atoms with E-state index in [1.165, 1.54) is 0 Å². The van der Waals surface area contributed by atoms with Gasteiger partial charge in [-0.05, 0) is 12.1 Å². The summed E-state index contributed by atoms with van der Waals surface area (Å²) in [5, 5.41) is 0. The molecule has 0 radical (unpaired) electrons. The maximum atomic E-state index is 9.49. The molecule has 1 heterocycles. The normalized spacial score (nSPS) is 8.30. The Balaban J connectivity index is 0.000000180. The van der Waals surface area contributed by atoms with Crippen LogP contribution in [0.4, 0.5) is 0 Å². The minimum absolute atomic E-state index is 1.67. The summed E-state index contributed by atoms with van der Waals surface area (Å²) in [5.41, 5.74) is 0. The van der Waals surface area contributed by atoms with E-state index in [0.717, 1.165) is 0 Å². The summed E-state index contributed by atoms with van der Waals surface area (Å²) >= 11 is 5.51. The molecule has 1 aromatic rings. The first-order chi connectivity index (χ1) is 4.73. The van der Waals surface area contributed by atoms with Crippen LogP contribution >= 0.6 is 28.2 Å². The van der Waals surface area contributed by atoms with Crippen molar-refractivity contribution in [2.45, 2.75) is 0 Å². The second-order valence-electron chi connectivity index (χ2n) is 1.21. The zero-order valence-electron chi connectivity index (χ0n) is 4.91. The number of nitrogens with zero attached hydrogens (tertiary/aromatic N) is 1. The molecule has 0 unspecified atom stereocenters. The summed E-state index contributed by atoms with van der Waals surface area (Å²) in [5.74, 6) is 0. The minimum Gasteiger partial charge on any atom is -0.265 e. The molecule has 0 aromatic carbocycles. The van der Waals surface area contributed by atoms with Crippen molar-refractivity contribution in [2.24, 2.45) is 0 Å². The van der Waals surface area contributed by atoms with Gasteiger partial charge in [-0.2, -0.15) is 0 Å². The first-order valence-corrected chi connectivity index (χ1v) is 11.0. The van der Waals surface area contributed by atoms with Gasteiger partial charge in [-0.1, -0.05) is 6.07 Å². The van der Waals surface area contributed by atoms with E-state index in [1.807, 2.05) is 18.2 Å². The van der Waals surface area contributed by atoms with Crippen molar-refractivity contribution >= 4 is 38.4 Å². The van der Waals surface area contributed by atoms with Gasteiger partial charge in [0.2, 0.25) is 0 Å². The molecule has 2 nitrogen and oxygen atoms in total. The Morgan fingerprint density at radius 2 is 1.50 bits per heavy atom. The summed E-state index contributed by atoms with van der Waals surface area (Å²) in [4.78, 5) is 3.78. The van der Waals surface area contributed by atoms with Crippen LogP contribution in [0.3, 0.4) is 0 Å². The Morgan fingerprint density at radius 1 is 1.10 bits per heavy atom. The van der Waals surface area contributed by atoms with E-state index < -0.39 is 10.2 Å². The number of pyridine rings is 1. The van der Waals surface area contributed by atoms with Gasteiger partial charge >= 0.3 is 42.3 Å². The molecular weight excluding hydrogens is 329 g/mol. The molecule has 0 aliphatic rings. The molecule has 0 saturated carbocycles. The SMILES string of the molecule is O=[Se](Br)Br.c1ccncc1. The van der Waals surface area contributed by atoms with Crippen molar-refractivity contribution in [3.05, 3.63) is 30.6 Å². The van der Waals surface area contributed by atoms with E-state index in [0.29, 0.717) is 0 Å². The molecule has 0 N–H and O–H groups in total. The van der Waals surface area contributed by atoms with Gasteiger partial charge in [0.25, 0.3) is 0 Å². The molecule has 0 aliphatic heterocycles. The van der Waals surface area contributed by atoms with Gasteiger partial charge in [0.1, 0.15) is 0 Å². The first kappa shape index (κ1) is 10.4. The molecule has 5 heteroatoms. The van der Waals surface area contributed by atoms with E-state index in [1.54, 1.807) is 12.4 Å². The first-order valence-electron chi connectivity index (χ1n) is 2.33. The van der Waals surface area contributed by atoms with Gasteiger partial charge in [-0.15, -0.1) is 0 Å². The Bertz CT molecular complexity index is 152.